The molecule has 0 N–H and O–H groups in total. The molecule has 2 rings (SSSR count). The normalized spacial score (nSPS) is 19.9. The summed E-state index contributed by atoms with van der Waals surface area (Å²) < 4.78 is 0. The molecule has 0 saturated carbocycles. The summed E-state index contributed by atoms with van der Waals surface area (Å²) in [6.07, 6.45) is 16.4. The van der Waals surface area contributed by atoms with Crippen LogP contribution in [0.2, 0.25) is 10.1 Å². The Kier molecular flexibility index (Phi) is 3.55. The lowest BCUT2D eigenvalue weighted by Gasteiger charge is -2.54. The van der Waals surface area contributed by atoms with Crippen molar-refractivity contribution >= 4 is 8.07 Å². The first-order chi connectivity index (χ1) is 8.71. The van der Waals surface area contributed by atoms with Gasteiger partial charge in [-0.2, -0.15) is 0 Å². The van der Waals surface area contributed by atoms with Gasteiger partial charge in [-0.3, -0.25) is 0 Å². The van der Waals surface area contributed by atoms with Gasteiger partial charge >= 0.3 is 0 Å². The zero-order valence-corrected chi connectivity index (χ0v) is 14.4. The Labute approximate surface area is 120 Å². The fourth-order valence-electron chi connectivity index (χ4n) is 4.71. The molecular formula is C18H28Si. The Balaban J connectivity index is 2.65. The monoisotopic (exact) mass is 272 g/mol. The van der Waals surface area contributed by atoms with Crippen LogP contribution in [0.25, 0.3) is 0 Å². The van der Waals surface area contributed by atoms with Gasteiger partial charge in [-0.15, -0.1) is 0 Å². The molecule has 0 fully saturated rings. The molecule has 0 bridgehead atoms. The zero-order chi connectivity index (χ0) is 14.3. The van der Waals surface area contributed by atoms with Crippen molar-refractivity contribution in [3.63, 3.8) is 0 Å². The number of allylic oxidation sites excluding steroid dienone is 8. The summed E-state index contributed by atoms with van der Waals surface area (Å²) in [7, 11) is -1.74. The number of rotatable bonds is 2. The molecule has 1 heteroatoms. The van der Waals surface area contributed by atoms with Gasteiger partial charge in [0.2, 0.25) is 0 Å². The van der Waals surface area contributed by atoms with Crippen LogP contribution in [0.4, 0.5) is 0 Å². The van der Waals surface area contributed by atoms with Crippen LogP contribution < -0.4 is 0 Å². The molecular weight excluding hydrogens is 244 g/mol. The summed E-state index contributed by atoms with van der Waals surface area (Å²) >= 11 is 0. The van der Waals surface area contributed by atoms with Crippen LogP contribution >= 0.6 is 0 Å². The lowest BCUT2D eigenvalue weighted by Crippen LogP contribution is -2.55. The van der Waals surface area contributed by atoms with Crippen LogP contribution in [0.3, 0.4) is 0 Å². The van der Waals surface area contributed by atoms with E-state index in [9.17, 15) is 0 Å². The lowest BCUT2D eigenvalue weighted by atomic mass is 10.2. The minimum Gasteiger partial charge on any atom is -0.0809 e. The van der Waals surface area contributed by atoms with Gasteiger partial charge in [-0.05, 0) is 22.9 Å². The van der Waals surface area contributed by atoms with Gasteiger partial charge in [-0.1, -0.05) is 88.4 Å². The molecule has 0 aliphatic heterocycles. The van der Waals surface area contributed by atoms with Gasteiger partial charge in [-0.25, -0.2) is 0 Å². The van der Waals surface area contributed by atoms with Crippen LogP contribution in [0.15, 0.2) is 46.8 Å². The number of hydrogen-bond acceptors (Lipinski definition) is 0. The smallest absolute Gasteiger partial charge is 0.0809 e. The summed E-state index contributed by atoms with van der Waals surface area (Å²) in [4.78, 5) is 0. The third-order valence-corrected chi connectivity index (χ3v) is 11.9. The van der Waals surface area contributed by atoms with E-state index in [1.54, 1.807) is 10.4 Å². The molecule has 104 valence electrons. The third kappa shape index (κ3) is 2.12. The summed E-state index contributed by atoms with van der Waals surface area (Å²) in [5, 5.41) is 4.15. The van der Waals surface area contributed by atoms with Gasteiger partial charge in [0.15, 0.2) is 0 Å². The summed E-state index contributed by atoms with van der Waals surface area (Å²) in [5.41, 5.74) is 0. The molecule has 19 heavy (non-hydrogen) atoms. The van der Waals surface area contributed by atoms with Gasteiger partial charge < -0.3 is 0 Å². The summed E-state index contributed by atoms with van der Waals surface area (Å²) in [6.45, 7) is 14.8. The molecule has 0 saturated heterocycles. The maximum absolute atomic E-state index is 2.46. The molecule has 0 radical (unpaired) electrons. The quantitative estimate of drug-likeness (QED) is 0.550. The van der Waals surface area contributed by atoms with Crippen LogP contribution in [-0.2, 0) is 0 Å². The lowest BCUT2D eigenvalue weighted by molar-refractivity contribution is 0.622. The Morgan fingerprint density at radius 3 is 1.32 bits per heavy atom. The van der Waals surface area contributed by atoms with Crippen molar-refractivity contribution in [2.45, 2.75) is 64.5 Å². The standard InChI is InChI=1S/C18H28Si/c1-17(2,3)19(18(4,5)6,15-11-7-8-12-15)16-13-9-10-14-16/h7-11,13H,12,14H2,1-6H3. The predicted octanol–water partition coefficient (Wildman–Crippen LogP) is 5.89. The van der Waals surface area contributed by atoms with E-state index >= 15 is 0 Å². The van der Waals surface area contributed by atoms with Gasteiger partial charge in [0.1, 0.15) is 8.07 Å². The summed E-state index contributed by atoms with van der Waals surface area (Å²) in [5.74, 6) is 0. The summed E-state index contributed by atoms with van der Waals surface area (Å²) in [6, 6.07) is 0. The van der Waals surface area contributed by atoms with Crippen LogP contribution in [0.5, 0.6) is 0 Å². The number of hydrogen-bond donors (Lipinski definition) is 0. The highest BCUT2D eigenvalue weighted by molar-refractivity contribution is 6.97. The van der Waals surface area contributed by atoms with Crippen LogP contribution in [0.1, 0.15) is 54.4 Å². The molecule has 0 amide bonds. The van der Waals surface area contributed by atoms with Crippen molar-refractivity contribution in [2.24, 2.45) is 0 Å². The van der Waals surface area contributed by atoms with Gasteiger partial charge in [0.25, 0.3) is 0 Å². The highest BCUT2D eigenvalue weighted by Gasteiger charge is 2.56. The average molecular weight is 273 g/mol. The molecule has 0 aromatic heterocycles. The molecule has 0 heterocycles. The maximum Gasteiger partial charge on any atom is 0.120 e. The Morgan fingerprint density at radius 1 is 0.737 bits per heavy atom. The Bertz CT molecular complexity index is 427. The second-order valence-corrected chi connectivity index (χ2v) is 13.7. The molecule has 2 aliphatic rings. The zero-order valence-electron chi connectivity index (χ0n) is 13.4. The van der Waals surface area contributed by atoms with E-state index in [2.05, 4.69) is 78.0 Å². The SMILES string of the molecule is CC(C)(C)[Si](C1=CC=CC1)(C1=CC=CC1)C(C)(C)C. The van der Waals surface area contributed by atoms with Gasteiger partial charge in [0.05, 0.1) is 0 Å². The minimum absolute atomic E-state index is 0.348. The molecule has 0 atom stereocenters. The van der Waals surface area contributed by atoms with Crippen molar-refractivity contribution < 1.29 is 0 Å². The molecule has 0 aromatic carbocycles. The van der Waals surface area contributed by atoms with Crippen LogP contribution in [0, 0.1) is 0 Å². The maximum atomic E-state index is 2.46. The highest BCUT2D eigenvalue weighted by atomic mass is 28.3. The van der Waals surface area contributed by atoms with Gasteiger partial charge in [0, 0.05) is 0 Å². The molecule has 0 nitrogen and oxygen atoms in total. The second-order valence-electron chi connectivity index (χ2n) is 7.90. The minimum atomic E-state index is -1.74. The molecule has 0 spiro atoms. The first-order valence-corrected chi connectivity index (χ1v) is 9.43. The van der Waals surface area contributed by atoms with E-state index in [0.29, 0.717) is 10.1 Å². The van der Waals surface area contributed by atoms with Crippen molar-refractivity contribution in [2.75, 3.05) is 0 Å². The van der Waals surface area contributed by atoms with E-state index < -0.39 is 8.07 Å². The molecule has 2 aliphatic carbocycles. The first-order valence-electron chi connectivity index (χ1n) is 7.43. The highest BCUT2D eigenvalue weighted by Crippen LogP contribution is 2.60. The van der Waals surface area contributed by atoms with Crippen molar-refractivity contribution in [3.05, 3.63) is 46.8 Å². The van der Waals surface area contributed by atoms with E-state index in [1.807, 2.05) is 0 Å². The van der Waals surface area contributed by atoms with E-state index in [1.165, 1.54) is 0 Å². The van der Waals surface area contributed by atoms with Crippen molar-refractivity contribution in [3.8, 4) is 0 Å². The van der Waals surface area contributed by atoms with E-state index in [4.69, 9.17) is 0 Å². The topological polar surface area (TPSA) is 0 Å². The first kappa shape index (κ1) is 14.6. The second kappa shape index (κ2) is 4.62. The molecule has 0 unspecified atom stereocenters. The Hall–Kier alpha value is -0.823. The predicted molar refractivity (Wildman–Crippen MR) is 88.9 cm³/mol. The largest absolute Gasteiger partial charge is 0.120 e. The van der Waals surface area contributed by atoms with Crippen molar-refractivity contribution in [1.29, 1.82) is 0 Å². The molecule has 0 aromatic rings. The van der Waals surface area contributed by atoms with E-state index in [0.717, 1.165) is 12.8 Å². The van der Waals surface area contributed by atoms with Crippen LogP contribution in [-0.4, -0.2) is 8.07 Å². The van der Waals surface area contributed by atoms with E-state index in [-0.39, 0.29) is 0 Å². The fourth-order valence-corrected chi connectivity index (χ4v) is 12.8. The average Bonchev–Trinajstić information content (AvgIpc) is 2.85. The Morgan fingerprint density at radius 2 is 1.11 bits per heavy atom. The third-order valence-electron chi connectivity index (χ3n) is 4.76. The fraction of sp³-hybridized carbons (Fsp3) is 0.556. The van der Waals surface area contributed by atoms with Crippen molar-refractivity contribution in [1.82, 2.24) is 0 Å².